The molecule has 0 aliphatic heterocycles. The number of rotatable bonds is 3. The van der Waals surface area contributed by atoms with Crippen LogP contribution in [0.4, 0.5) is 11.4 Å². The van der Waals surface area contributed by atoms with Gasteiger partial charge in [0.05, 0.1) is 0 Å². The number of amides is 1. The van der Waals surface area contributed by atoms with Gasteiger partial charge in [0, 0.05) is 31.0 Å². The van der Waals surface area contributed by atoms with Crippen molar-refractivity contribution in [3.8, 4) is 0 Å². The quantitative estimate of drug-likeness (QED) is 0.922. The van der Waals surface area contributed by atoms with Gasteiger partial charge in [0.1, 0.15) is 0 Å². The van der Waals surface area contributed by atoms with Gasteiger partial charge in [-0.05, 0) is 55.3 Å². The minimum absolute atomic E-state index is 0.0796. The lowest BCUT2D eigenvalue weighted by molar-refractivity contribution is 0.102. The highest BCUT2D eigenvalue weighted by Crippen LogP contribution is 2.20. The van der Waals surface area contributed by atoms with Crippen molar-refractivity contribution >= 4 is 17.3 Å². The molecular weight excluding hydrogens is 248 g/mol. The van der Waals surface area contributed by atoms with Crippen LogP contribution in [0.2, 0.25) is 0 Å². The third kappa shape index (κ3) is 3.18. The Hall–Kier alpha value is -2.29. The van der Waals surface area contributed by atoms with E-state index in [1.54, 1.807) is 0 Å². The maximum absolute atomic E-state index is 12.2. The minimum Gasteiger partial charge on any atom is -0.377 e. The van der Waals surface area contributed by atoms with Crippen LogP contribution in [-0.2, 0) is 0 Å². The zero-order valence-electron chi connectivity index (χ0n) is 12.4. The Morgan fingerprint density at radius 2 is 1.80 bits per heavy atom. The molecule has 0 heterocycles. The Morgan fingerprint density at radius 3 is 2.40 bits per heavy atom. The number of hydrogen-bond acceptors (Lipinski definition) is 2. The molecule has 0 aliphatic carbocycles. The molecule has 0 spiro atoms. The summed E-state index contributed by atoms with van der Waals surface area (Å²) in [6.07, 6.45) is 0. The average Bonchev–Trinajstić information content (AvgIpc) is 2.38. The molecule has 0 saturated heterocycles. The van der Waals surface area contributed by atoms with Crippen molar-refractivity contribution in [2.75, 3.05) is 24.3 Å². The highest BCUT2D eigenvalue weighted by atomic mass is 16.1. The minimum atomic E-state index is -0.0796. The molecule has 0 aliphatic rings. The molecule has 104 valence electrons. The van der Waals surface area contributed by atoms with E-state index in [-0.39, 0.29) is 5.91 Å². The number of hydrogen-bond donors (Lipinski definition) is 1. The Bertz CT molecular complexity index is 633. The molecular formula is C17H20N2O. The molecule has 0 radical (unpaired) electrons. The van der Waals surface area contributed by atoms with Crippen molar-refractivity contribution in [3.63, 3.8) is 0 Å². The first-order valence-electron chi connectivity index (χ1n) is 6.63. The Labute approximate surface area is 120 Å². The maximum Gasteiger partial charge on any atom is 0.255 e. The summed E-state index contributed by atoms with van der Waals surface area (Å²) in [7, 11) is 3.99. The third-order valence-electron chi connectivity index (χ3n) is 3.22. The predicted molar refractivity (Wildman–Crippen MR) is 84.6 cm³/mol. The molecule has 0 unspecified atom stereocenters. The van der Waals surface area contributed by atoms with Gasteiger partial charge in [-0.1, -0.05) is 12.1 Å². The van der Waals surface area contributed by atoms with Gasteiger partial charge < -0.3 is 10.2 Å². The van der Waals surface area contributed by atoms with Gasteiger partial charge in [-0.3, -0.25) is 4.79 Å². The molecule has 0 fully saturated rings. The van der Waals surface area contributed by atoms with Gasteiger partial charge in [0.15, 0.2) is 0 Å². The van der Waals surface area contributed by atoms with Crippen molar-refractivity contribution in [1.29, 1.82) is 0 Å². The van der Waals surface area contributed by atoms with Crippen molar-refractivity contribution in [3.05, 3.63) is 59.2 Å². The van der Waals surface area contributed by atoms with Crippen molar-refractivity contribution in [2.24, 2.45) is 0 Å². The predicted octanol–water partition coefficient (Wildman–Crippen LogP) is 3.62. The Morgan fingerprint density at radius 1 is 1.05 bits per heavy atom. The molecule has 0 atom stereocenters. The summed E-state index contributed by atoms with van der Waals surface area (Å²) in [5.74, 6) is -0.0796. The van der Waals surface area contributed by atoms with Crippen LogP contribution >= 0.6 is 0 Å². The number of aryl methyl sites for hydroxylation is 2. The number of benzene rings is 2. The normalized spacial score (nSPS) is 10.2. The van der Waals surface area contributed by atoms with E-state index in [0.29, 0.717) is 5.56 Å². The van der Waals surface area contributed by atoms with Crippen molar-refractivity contribution < 1.29 is 4.79 Å². The summed E-state index contributed by atoms with van der Waals surface area (Å²) in [5.41, 5.74) is 4.84. The van der Waals surface area contributed by atoms with Gasteiger partial charge in [-0.25, -0.2) is 0 Å². The number of nitrogens with one attached hydrogen (secondary N) is 1. The molecule has 1 N–H and O–H groups in total. The second-order valence-electron chi connectivity index (χ2n) is 5.22. The standard InChI is InChI=1S/C17H20N2O/c1-12-6-5-7-15(10-12)18-17(20)14-8-9-16(19(3)4)13(2)11-14/h5-11H,1-4H3,(H,18,20). The number of anilines is 2. The monoisotopic (exact) mass is 268 g/mol. The zero-order chi connectivity index (χ0) is 14.7. The molecule has 2 aromatic carbocycles. The van der Waals surface area contributed by atoms with E-state index in [4.69, 9.17) is 0 Å². The fourth-order valence-electron chi connectivity index (χ4n) is 2.22. The maximum atomic E-state index is 12.2. The van der Waals surface area contributed by atoms with Crippen molar-refractivity contribution in [2.45, 2.75) is 13.8 Å². The van der Waals surface area contributed by atoms with E-state index >= 15 is 0 Å². The van der Waals surface area contributed by atoms with Gasteiger partial charge in [0.2, 0.25) is 0 Å². The molecule has 2 aromatic rings. The first-order valence-corrected chi connectivity index (χ1v) is 6.63. The molecule has 0 saturated carbocycles. The number of carbonyl (C=O) groups excluding carboxylic acids is 1. The Kier molecular flexibility index (Phi) is 4.08. The molecule has 20 heavy (non-hydrogen) atoms. The van der Waals surface area contributed by atoms with Crippen molar-refractivity contribution in [1.82, 2.24) is 0 Å². The SMILES string of the molecule is Cc1cccc(NC(=O)c2ccc(N(C)C)c(C)c2)c1. The lowest BCUT2D eigenvalue weighted by atomic mass is 10.1. The van der Waals surface area contributed by atoms with Gasteiger partial charge >= 0.3 is 0 Å². The third-order valence-corrected chi connectivity index (χ3v) is 3.22. The van der Waals surface area contributed by atoms with Gasteiger partial charge in [-0.15, -0.1) is 0 Å². The second kappa shape index (κ2) is 5.78. The summed E-state index contributed by atoms with van der Waals surface area (Å²) >= 11 is 0. The van der Waals surface area contributed by atoms with Crippen LogP contribution in [0.5, 0.6) is 0 Å². The van der Waals surface area contributed by atoms with Crippen LogP contribution in [-0.4, -0.2) is 20.0 Å². The van der Waals surface area contributed by atoms with E-state index in [1.807, 2.05) is 75.3 Å². The lowest BCUT2D eigenvalue weighted by Gasteiger charge is -2.16. The summed E-state index contributed by atoms with van der Waals surface area (Å²) in [4.78, 5) is 14.3. The fourth-order valence-corrected chi connectivity index (χ4v) is 2.22. The first-order chi connectivity index (χ1) is 9.47. The topological polar surface area (TPSA) is 32.3 Å². The van der Waals surface area contributed by atoms with Crippen LogP contribution in [0.25, 0.3) is 0 Å². The van der Waals surface area contributed by atoms with Gasteiger partial charge in [-0.2, -0.15) is 0 Å². The average molecular weight is 268 g/mol. The smallest absolute Gasteiger partial charge is 0.255 e. The largest absolute Gasteiger partial charge is 0.377 e. The molecule has 3 nitrogen and oxygen atoms in total. The summed E-state index contributed by atoms with van der Waals surface area (Å²) in [6.45, 7) is 4.02. The highest BCUT2D eigenvalue weighted by molar-refractivity contribution is 6.04. The molecule has 3 heteroatoms. The first kappa shape index (κ1) is 14.1. The molecule has 0 aromatic heterocycles. The van der Waals surface area contributed by atoms with E-state index < -0.39 is 0 Å². The van der Waals surface area contributed by atoms with Crippen LogP contribution in [0.15, 0.2) is 42.5 Å². The van der Waals surface area contributed by atoms with Crippen LogP contribution in [0.3, 0.4) is 0 Å². The summed E-state index contributed by atoms with van der Waals surface area (Å²) in [6, 6.07) is 13.5. The zero-order valence-corrected chi connectivity index (χ0v) is 12.4. The van der Waals surface area contributed by atoms with Crippen LogP contribution in [0, 0.1) is 13.8 Å². The lowest BCUT2D eigenvalue weighted by Crippen LogP contribution is -2.14. The van der Waals surface area contributed by atoms with Crippen LogP contribution in [0.1, 0.15) is 21.5 Å². The van der Waals surface area contributed by atoms with E-state index in [0.717, 1.165) is 22.5 Å². The molecule has 1 amide bonds. The highest BCUT2D eigenvalue weighted by Gasteiger charge is 2.09. The van der Waals surface area contributed by atoms with E-state index in [2.05, 4.69) is 5.32 Å². The number of carbonyl (C=O) groups is 1. The van der Waals surface area contributed by atoms with E-state index in [9.17, 15) is 4.79 Å². The molecule has 2 rings (SSSR count). The van der Waals surface area contributed by atoms with E-state index in [1.165, 1.54) is 0 Å². The molecule has 0 bridgehead atoms. The Balaban J connectivity index is 2.19. The summed E-state index contributed by atoms with van der Waals surface area (Å²) < 4.78 is 0. The fraction of sp³-hybridized carbons (Fsp3) is 0.235. The number of nitrogens with zero attached hydrogens (tertiary/aromatic N) is 1. The second-order valence-corrected chi connectivity index (χ2v) is 5.22. The van der Waals surface area contributed by atoms with Gasteiger partial charge in [0.25, 0.3) is 5.91 Å². The van der Waals surface area contributed by atoms with Crippen LogP contribution < -0.4 is 10.2 Å². The summed E-state index contributed by atoms with van der Waals surface area (Å²) in [5, 5.41) is 2.92.